The first-order valence-electron chi connectivity index (χ1n) is 5.75. The van der Waals surface area contributed by atoms with Crippen molar-refractivity contribution in [3.05, 3.63) is 35.4 Å². The van der Waals surface area contributed by atoms with Gasteiger partial charge in [0.25, 0.3) is 0 Å². The molecule has 3 heteroatoms. The van der Waals surface area contributed by atoms with Crippen molar-refractivity contribution in [2.75, 3.05) is 19.8 Å². The average molecular weight is 221 g/mol. The summed E-state index contributed by atoms with van der Waals surface area (Å²) >= 11 is 0. The summed E-state index contributed by atoms with van der Waals surface area (Å²) in [4.78, 5) is 0. The van der Waals surface area contributed by atoms with Crippen LogP contribution in [0.5, 0.6) is 0 Å². The topological polar surface area (TPSA) is 55.5 Å². The van der Waals surface area contributed by atoms with Crippen molar-refractivity contribution in [2.45, 2.75) is 19.4 Å². The van der Waals surface area contributed by atoms with E-state index in [9.17, 15) is 5.11 Å². The Labute approximate surface area is 96.2 Å². The second-order valence-corrected chi connectivity index (χ2v) is 4.59. The summed E-state index contributed by atoms with van der Waals surface area (Å²) in [6.45, 7) is 3.33. The summed E-state index contributed by atoms with van der Waals surface area (Å²) in [7, 11) is 0. The van der Waals surface area contributed by atoms with Crippen LogP contribution in [0.1, 0.15) is 24.1 Å². The van der Waals surface area contributed by atoms with E-state index in [0.717, 1.165) is 12.0 Å². The zero-order valence-corrected chi connectivity index (χ0v) is 9.65. The third-order valence-corrected chi connectivity index (χ3v) is 3.50. The quantitative estimate of drug-likeness (QED) is 0.804. The highest BCUT2D eigenvalue weighted by atomic mass is 16.5. The Morgan fingerprint density at radius 2 is 2.00 bits per heavy atom. The van der Waals surface area contributed by atoms with Crippen LogP contribution < -0.4 is 5.73 Å². The minimum atomic E-state index is -0.270. The number of hydrogen-bond donors (Lipinski definition) is 2. The van der Waals surface area contributed by atoms with Gasteiger partial charge in [-0.1, -0.05) is 31.2 Å². The van der Waals surface area contributed by atoms with Gasteiger partial charge in [0.1, 0.15) is 0 Å². The van der Waals surface area contributed by atoms with Gasteiger partial charge in [0.15, 0.2) is 0 Å². The molecule has 1 atom stereocenters. The van der Waals surface area contributed by atoms with Gasteiger partial charge in [0, 0.05) is 6.04 Å². The number of aryl methyl sites for hydroxylation is 1. The molecule has 0 radical (unpaired) electrons. The second-order valence-electron chi connectivity index (χ2n) is 4.59. The molecule has 3 N–H and O–H groups in total. The fraction of sp³-hybridized carbons (Fsp3) is 0.538. The number of ether oxygens (including phenoxy) is 1. The van der Waals surface area contributed by atoms with Crippen molar-refractivity contribution in [1.29, 1.82) is 0 Å². The highest BCUT2D eigenvalue weighted by molar-refractivity contribution is 5.27. The lowest BCUT2D eigenvalue weighted by Crippen LogP contribution is -2.52. The van der Waals surface area contributed by atoms with E-state index in [-0.39, 0.29) is 18.1 Å². The normalized spacial score (nSPS) is 20.2. The summed E-state index contributed by atoms with van der Waals surface area (Å²) in [6.07, 6.45) is 1.03. The average Bonchev–Trinajstić information content (AvgIpc) is 2.28. The number of benzene rings is 1. The molecule has 1 aliphatic rings. The SMILES string of the molecule is CCc1ccc(C(N)C2(CO)COC2)cc1. The molecule has 0 aromatic heterocycles. The van der Waals surface area contributed by atoms with Crippen LogP contribution in [-0.4, -0.2) is 24.9 Å². The van der Waals surface area contributed by atoms with Gasteiger partial charge in [-0.25, -0.2) is 0 Å². The molecule has 3 nitrogen and oxygen atoms in total. The Hall–Kier alpha value is -0.900. The first kappa shape index (κ1) is 11.6. The van der Waals surface area contributed by atoms with E-state index in [0.29, 0.717) is 13.2 Å². The summed E-state index contributed by atoms with van der Waals surface area (Å²) in [5.74, 6) is 0. The lowest BCUT2D eigenvalue weighted by atomic mass is 9.76. The predicted octanol–water partition coefficient (Wildman–Crippen LogP) is 1.26. The molecule has 88 valence electrons. The number of nitrogens with two attached hydrogens (primary N) is 1. The molecule has 0 saturated carbocycles. The predicted molar refractivity (Wildman–Crippen MR) is 63.1 cm³/mol. The van der Waals surface area contributed by atoms with E-state index in [1.807, 2.05) is 0 Å². The Balaban J connectivity index is 2.16. The molecule has 1 aromatic rings. The van der Waals surface area contributed by atoms with E-state index < -0.39 is 0 Å². The monoisotopic (exact) mass is 221 g/mol. The van der Waals surface area contributed by atoms with Gasteiger partial charge in [-0.05, 0) is 17.5 Å². The van der Waals surface area contributed by atoms with Gasteiger partial charge < -0.3 is 15.6 Å². The number of aliphatic hydroxyl groups excluding tert-OH is 1. The summed E-state index contributed by atoms with van der Waals surface area (Å²) in [6, 6.07) is 8.16. The molecule has 0 bridgehead atoms. The fourth-order valence-electron chi connectivity index (χ4n) is 2.05. The van der Waals surface area contributed by atoms with Gasteiger partial charge >= 0.3 is 0 Å². The van der Waals surface area contributed by atoms with E-state index in [4.69, 9.17) is 10.5 Å². The van der Waals surface area contributed by atoms with E-state index >= 15 is 0 Å². The standard InChI is InChI=1S/C13H19NO2/c1-2-10-3-5-11(6-4-10)12(14)13(7-15)8-16-9-13/h3-6,12,15H,2,7-9,14H2,1H3. The Bertz CT molecular complexity index is 338. The molecule has 2 rings (SSSR count). The van der Waals surface area contributed by atoms with Crippen molar-refractivity contribution in [2.24, 2.45) is 11.1 Å². The summed E-state index contributed by atoms with van der Waals surface area (Å²) in [5, 5.41) is 9.41. The molecule has 1 aliphatic heterocycles. The number of aliphatic hydroxyl groups is 1. The van der Waals surface area contributed by atoms with Crippen LogP contribution in [0.2, 0.25) is 0 Å². The van der Waals surface area contributed by atoms with Gasteiger partial charge in [-0.3, -0.25) is 0 Å². The van der Waals surface area contributed by atoms with Crippen LogP contribution in [0, 0.1) is 5.41 Å². The maximum absolute atomic E-state index is 9.41. The molecule has 0 aliphatic carbocycles. The molecule has 1 heterocycles. The Morgan fingerprint density at radius 1 is 1.38 bits per heavy atom. The van der Waals surface area contributed by atoms with Gasteiger partial charge in [-0.2, -0.15) is 0 Å². The van der Waals surface area contributed by atoms with Crippen molar-refractivity contribution >= 4 is 0 Å². The lowest BCUT2D eigenvalue weighted by molar-refractivity contribution is -0.150. The molecular formula is C13H19NO2. The Morgan fingerprint density at radius 3 is 2.38 bits per heavy atom. The Kier molecular flexibility index (Phi) is 3.28. The zero-order valence-electron chi connectivity index (χ0n) is 9.65. The number of rotatable bonds is 4. The van der Waals surface area contributed by atoms with Crippen LogP contribution >= 0.6 is 0 Å². The first-order chi connectivity index (χ1) is 7.72. The van der Waals surface area contributed by atoms with Gasteiger partial charge in [0.2, 0.25) is 0 Å². The fourth-order valence-corrected chi connectivity index (χ4v) is 2.05. The molecule has 1 fully saturated rings. The summed E-state index contributed by atoms with van der Waals surface area (Å²) < 4.78 is 5.18. The largest absolute Gasteiger partial charge is 0.396 e. The van der Waals surface area contributed by atoms with E-state index in [1.165, 1.54) is 5.56 Å². The van der Waals surface area contributed by atoms with E-state index in [1.54, 1.807) is 0 Å². The maximum Gasteiger partial charge on any atom is 0.0594 e. The third kappa shape index (κ3) is 1.86. The molecule has 1 aromatic carbocycles. The highest BCUT2D eigenvalue weighted by Gasteiger charge is 2.44. The van der Waals surface area contributed by atoms with Crippen molar-refractivity contribution in [3.63, 3.8) is 0 Å². The molecule has 0 spiro atoms. The molecular weight excluding hydrogens is 202 g/mol. The van der Waals surface area contributed by atoms with Crippen LogP contribution in [0.4, 0.5) is 0 Å². The van der Waals surface area contributed by atoms with Crippen molar-refractivity contribution in [3.8, 4) is 0 Å². The van der Waals surface area contributed by atoms with Gasteiger partial charge in [0.05, 0.1) is 25.2 Å². The van der Waals surface area contributed by atoms with Crippen molar-refractivity contribution < 1.29 is 9.84 Å². The summed E-state index contributed by atoms with van der Waals surface area (Å²) in [5.41, 5.74) is 8.31. The molecule has 0 amide bonds. The zero-order chi connectivity index (χ0) is 11.6. The second kappa shape index (κ2) is 4.53. The molecule has 16 heavy (non-hydrogen) atoms. The minimum absolute atomic E-state index is 0.0870. The lowest BCUT2D eigenvalue weighted by Gasteiger charge is -2.44. The highest BCUT2D eigenvalue weighted by Crippen LogP contribution is 2.38. The van der Waals surface area contributed by atoms with Gasteiger partial charge in [-0.15, -0.1) is 0 Å². The maximum atomic E-state index is 9.41. The van der Waals surface area contributed by atoms with Crippen LogP contribution in [-0.2, 0) is 11.2 Å². The van der Waals surface area contributed by atoms with Crippen LogP contribution in [0.3, 0.4) is 0 Å². The first-order valence-corrected chi connectivity index (χ1v) is 5.75. The smallest absolute Gasteiger partial charge is 0.0594 e. The third-order valence-electron chi connectivity index (χ3n) is 3.50. The molecule has 1 saturated heterocycles. The van der Waals surface area contributed by atoms with E-state index in [2.05, 4.69) is 31.2 Å². The molecule has 1 unspecified atom stereocenters. The number of hydrogen-bond acceptors (Lipinski definition) is 3. The van der Waals surface area contributed by atoms with Crippen LogP contribution in [0.15, 0.2) is 24.3 Å². The van der Waals surface area contributed by atoms with Crippen LogP contribution in [0.25, 0.3) is 0 Å². The van der Waals surface area contributed by atoms with Crippen molar-refractivity contribution in [1.82, 2.24) is 0 Å². The minimum Gasteiger partial charge on any atom is -0.396 e.